The molecule has 1 aromatic carbocycles. The molecular formula is C14H17FO. The van der Waals surface area contributed by atoms with Crippen molar-refractivity contribution in [2.75, 3.05) is 0 Å². The van der Waals surface area contributed by atoms with E-state index in [1.807, 2.05) is 13.8 Å². The Morgan fingerprint density at radius 1 is 1.31 bits per heavy atom. The predicted molar refractivity (Wildman–Crippen MR) is 62.0 cm³/mol. The Hall–Kier alpha value is -1.18. The van der Waals surface area contributed by atoms with Crippen molar-refractivity contribution in [1.29, 1.82) is 0 Å². The predicted octanol–water partition coefficient (Wildman–Crippen LogP) is 3.90. The van der Waals surface area contributed by atoms with Gasteiger partial charge in [-0.05, 0) is 31.9 Å². The van der Waals surface area contributed by atoms with Gasteiger partial charge in [-0.15, -0.1) is 0 Å². The molecule has 86 valence electrons. The fourth-order valence-corrected chi connectivity index (χ4v) is 2.52. The van der Waals surface area contributed by atoms with Crippen molar-refractivity contribution in [3.05, 3.63) is 35.1 Å². The summed E-state index contributed by atoms with van der Waals surface area (Å²) in [5, 5.41) is 0. The molecule has 1 nitrogen and oxygen atoms in total. The molecule has 1 aliphatic rings. The maximum atomic E-state index is 13.6. The Morgan fingerprint density at radius 3 is 2.56 bits per heavy atom. The number of carbonyl (C=O) groups excluding carboxylic acids is 1. The van der Waals surface area contributed by atoms with Crippen LogP contribution in [0, 0.1) is 18.2 Å². The van der Waals surface area contributed by atoms with Gasteiger partial charge < -0.3 is 0 Å². The molecule has 0 amide bonds. The maximum absolute atomic E-state index is 13.6. The molecule has 0 radical (unpaired) electrons. The Bertz CT molecular complexity index is 417. The second-order valence-electron chi connectivity index (χ2n) is 5.08. The monoisotopic (exact) mass is 220 g/mol. The zero-order valence-corrected chi connectivity index (χ0v) is 9.85. The summed E-state index contributed by atoms with van der Waals surface area (Å²) in [5.41, 5.74) is 0.866. The van der Waals surface area contributed by atoms with Gasteiger partial charge >= 0.3 is 0 Å². The third-order valence-electron chi connectivity index (χ3n) is 3.62. The summed E-state index contributed by atoms with van der Waals surface area (Å²) in [4.78, 5) is 12.3. The van der Waals surface area contributed by atoms with E-state index in [1.165, 1.54) is 6.07 Å². The number of benzene rings is 1. The van der Waals surface area contributed by atoms with E-state index in [0.717, 1.165) is 31.2 Å². The molecular weight excluding hydrogens is 203 g/mol. The van der Waals surface area contributed by atoms with Gasteiger partial charge in [0.05, 0.1) is 5.56 Å². The highest BCUT2D eigenvalue weighted by atomic mass is 19.1. The van der Waals surface area contributed by atoms with Gasteiger partial charge in [0, 0.05) is 5.41 Å². The first kappa shape index (κ1) is 11.3. The average Bonchev–Trinajstić information content (AvgIpc) is 2.69. The summed E-state index contributed by atoms with van der Waals surface area (Å²) < 4.78 is 13.6. The van der Waals surface area contributed by atoms with Crippen LogP contribution in [0.3, 0.4) is 0 Å². The number of carbonyl (C=O) groups is 1. The van der Waals surface area contributed by atoms with Crippen molar-refractivity contribution < 1.29 is 9.18 Å². The average molecular weight is 220 g/mol. The second kappa shape index (κ2) is 4.00. The molecule has 0 N–H and O–H groups in total. The lowest BCUT2D eigenvalue weighted by Gasteiger charge is -2.22. The zero-order valence-electron chi connectivity index (χ0n) is 9.85. The van der Waals surface area contributed by atoms with Gasteiger partial charge in [0.2, 0.25) is 0 Å². The van der Waals surface area contributed by atoms with Crippen LogP contribution in [-0.2, 0) is 0 Å². The molecule has 1 aromatic rings. The first-order chi connectivity index (χ1) is 7.53. The minimum absolute atomic E-state index is 0.0220. The van der Waals surface area contributed by atoms with Crippen molar-refractivity contribution in [2.24, 2.45) is 5.41 Å². The molecule has 2 rings (SSSR count). The SMILES string of the molecule is Cc1ccc(F)c(C(=O)C2(C)CCCC2)c1. The molecule has 1 aliphatic carbocycles. The highest BCUT2D eigenvalue weighted by Crippen LogP contribution is 2.40. The normalized spacial score (nSPS) is 18.7. The van der Waals surface area contributed by atoms with Gasteiger partial charge in [0.1, 0.15) is 5.82 Å². The first-order valence-corrected chi connectivity index (χ1v) is 5.84. The first-order valence-electron chi connectivity index (χ1n) is 5.84. The minimum atomic E-state index is -0.385. The molecule has 0 aromatic heterocycles. The van der Waals surface area contributed by atoms with Crippen LogP contribution in [0.1, 0.15) is 48.5 Å². The van der Waals surface area contributed by atoms with Crippen LogP contribution in [0.4, 0.5) is 4.39 Å². The minimum Gasteiger partial charge on any atom is -0.293 e. The smallest absolute Gasteiger partial charge is 0.171 e. The van der Waals surface area contributed by atoms with Gasteiger partial charge in [0.15, 0.2) is 5.78 Å². The van der Waals surface area contributed by atoms with Gasteiger partial charge in [-0.1, -0.05) is 31.4 Å². The van der Waals surface area contributed by atoms with Crippen molar-refractivity contribution in [3.63, 3.8) is 0 Å². The van der Waals surface area contributed by atoms with E-state index in [1.54, 1.807) is 12.1 Å². The standard InChI is InChI=1S/C14H17FO/c1-10-5-6-12(15)11(9-10)13(16)14(2)7-3-4-8-14/h5-6,9H,3-4,7-8H2,1-2H3. The maximum Gasteiger partial charge on any atom is 0.171 e. The molecule has 0 bridgehead atoms. The van der Waals surface area contributed by atoms with Crippen LogP contribution in [0.15, 0.2) is 18.2 Å². The summed E-state index contributed by atoms with van der Waals surface area (Å²) in [6, 6.07) is 4.76. The van der Waals surface area contributed by atoms with E-state index in [0.29, 0.717) is 0 Å². The highest BCUT2D eigenvalue weighted by Gasteiger charge is 2.37. The van der Waals surface area contributed by atoms with E-state index in [9.17, 15) is 9.18 Å². The van der Waals surface area contributed by atoms with Crippen molar-refractivity contribution in [1.82, 2.24) is 0 Å². The molecule has 0 aliphatic heterocycles. The summed E-state index contributed by atoms with van der Waals surface area (Å²) in [5.74, 6) is -0.407. The van der Waals surface area contributed by atoms with Crippen LogP contribution in [0.25, 0.3) is 0 Å². The van der Waals surface area contributed by atoms with Crippen LogP contribution < -0.4 is 0 Å². The van der Waals surface area contributed by atoms with E-state index < -0.39 is 0 Å². The van der Waals surface area contributed by atoms with Gasteiger partial charge in [-0.25, -0.2) is 4.39 Å². The number of aryl methyl sites for hydroxylation is 1. The van der Waals surface area contributed by atoms with Gasteiger partial charge in [-0.2, -0.15) is 0 Å². The fourth-order valence-electron chi connectivity index (χ4n) is 2.52. The van der Waals surface area contributed by atoms with E-state index in [4.69, 9.17) is 0 Å². The second-order valence-corrected chi connectivity index (χ2v) is 5.08. The molecule has 0 saturated heterocycles. The molecule has 2 heteroatoms. The van der Waals surface area contributed by atoms with Crippen molar-refractivity contribution in [3.8, 4) is 0 Å². The molecule has 0 unspecified atom stereocenters. The van der Waals surface area contributed by atoms with Crippen LogP contribution >= 0.6 is 0 Å². The number of rotatable bonds is 2. The number of halogens is 1. The molecule has 1 saturated carbocycles. The van der Waals surface area contributed by atoms with Gasteiger partial charge in [-0.3, -0.25) is 4.79 Å². The van der Waals surface area contributed by atoms with Crippen LogP contribution in [0.2, 0.25) is 0 Å². The quantitative estimate of drug-likeness (QED) is 0.691. The van der Waals surface area contributed by atoms with Crippen LogP contribution in [0.5, 0.6) is 0 Å². The largest absolute Gasteiger partial charge is 0.293 e. The van der Waals surface area contributed by atoms with Gasteiger partial charge in [0.25, 0.3) is 0 Å². The Labute approximate surface area is 95.7 Å². The molecule has 0 atom stereocenters. The number of hydrogen-bond donors (Lipinski definition) is 0. The zero-order chi connectivity index (χ0) is 11.8. The lowest BCUT2D eigenvalue weighted by Crippen LogP contribution is -2.25. The molecule has 16 heavy (non-hydrogen) atoms. The lowest BCUT2D eigenvalue weighted by molar-refractivity contribution is 0.0819. The van der Waals surface area contributed by atoms with Crippen LogP contribution in [-0.4, -0.2) is 5.78 Å². The number of Topliss-reactive ketones (excluding diaryl/α,β-unsaturated/α-hetero) is 1. The summed E-state index contributed by atoms with van der Waals surface area (Å²) >= 11 is 0. The third kappa shape index (κ3) is 1.89. The summed E-state index contributed by atoms with van der Waals surface area (Å²) in [6.45, 7) is 3.84. The lowest BCUT2D eigenvalue weighted by atomic mass is 9.80. The van der Waals surface area contributed by atoms with Crippen molar-refractivity contribution in [2.45, 2.75) is 39.5 Å². The molecule has 0 heterocycles. The molecule has 0 spiro atoms. The number of hydrogen-bond acceptors (Lipinski definition) is 1. The highest BCUT2D eigenvalue weighted by molar-refractivity contribution is 6.00. The van der Waals surface area contributed by atoms with E-state index in [-0.39, 0.29) is 22.6 Å². The number of ketones is 1. The Kier molecular flexibility index (Phi) is 2.83. The summed E-state index contributed by atoms with van der Waals surface area (Å²) in [7, 11) is 0. The van der Waals surface area contributed by atoms with E-state index in [2.05, 4.69) is 0 Å². The Balaban J connectivity index is 2.36. The molecule has 1 fully saturated rings. The van der Waals surface area contributed by atoms with E-state index >= 15 is 0 Å². The fraction of sp³-hybridized carbons (Fsp3) is 0.500. The Morgan fingerprint density at radius 2 is 1.94 bits per heavy atom. The summed E-state index contributed by atoms with van der Waals surface area (Å²) in [6.07, 6.45) is 3.93. The third-order valence-corrected chi connectivity index (χ3v) is 3.62. The topological polar surface area (TPSA) is 17.1 Å². The van der Waals surface area contributed by atoms with Crippen molar-refractivity contribution >= 4 is 5.78 Å².